The minimum Gasteiger partial charge on any atom is -0.350 e. The Balaban J connectivity index is 1.81. The Labute approximate surface area is 111 Å². The molecule has 1 aromatic rings. The minimum absolute atomic E-state index is 0.0800. The van der Waals surface area contributed by atoms with Gasteiger partial charge < -0.3 is 10.6 Å². The van der Waals surface area contributed by atoms with Gasteiger partial charge in [-0.3, -0.25) is 14.7 Å². The normalized spacial score (nSPS) is 15.1. The largest absolute Gasteiger partial charge is 0.350 e. The van der Waals surface area contributed by atoms with Gasteiger partial charge in [0.15, 0.2) is 0 Å². The Morgan fingerprint density at radius 1 is 1.37 bits per heavy atom. The molecule has 1 saturated carbocycles. The van der Waals surface area contributed by atoms with Crippen molar-refractivity contribution < 1.29 is 9.59 Å². The molecule has 1 aromatic heterocycles. The van der Waals surface area contributed by atoms with Crippen molar-refractivity contribution in [1.29, 1.82) is 0 Å². The van der Waals surface area contributed by atoms with E-state index < -0.39 is 5.91 Å². The average molecular weight is 265 g/mol. The molecule has 0 aliphatic heterocycles. The van der Waals surface area contributed by atoms with Gasteiger partial charge in [0.2, 0.25) is 11.7 Å². The summed E-state index contributed by atoms with van der Waals surface area (Å²) in [4.78, 5) is 27.4. The smallest absolute Gasteiger partial charge is 0.291 e. The van der Waals surface area contributed by atoms with Gasteiger partial charge in [-0.25, -0.2) is 4.98 Å². The number of hydrogen-bond acceptors (Lipinski definition) is 4. The van der Waals surface area contributed by atoms with Gasteiger partial charge in [-0.15, -0.1) is 5.10 Å². The highest BCUT2D eigenvalue weighted by atomic mass is 16.2. The second-order valence-electron chi connectivity index (χ2n) is 5.80. The molecule has 7 heteroatoms. The van der Waals surface area contributed by atoms with Crippen molar-refractivity contribution >= 4 is 11.8 Å². The Morgan fingerprint density at radius 2 is 2.05 bits per heavy atom. The van der Waals surface area contributed by atoms with E-state index in [0.717, 1.165) is 18.7 Å². The van der Waals surface area contributed by atoms with Gasteiger partial charge in [-0.1, -0.05) is 0 Å². The molecule has 104 valence electrons. The zero-order valence-corrected chi connectivity index (χ0v) is 11.4. The molecule has 0 radical (unpaired) electrons. The van der Waals surface area contributed by atoms with Gasteiger partial charge in [0.05, 0.1) is 6.54 Å². The molecule has 1 heterocycles. The quantitative estimate of drug-likeness (QED) is 0.730. The zero-order chi connectivity index (χ0) is 14.0. The van der Waals surface area contributed by atoms with Crippen LogP contribution in [0.25, 0.3) is 0 Å². The molecule has 1 fully saturated rings. The summed E-state index contributed by atoms with van der Waals surface area (Å²) in [5, 5.41) is 11.9. The maximum Gasteiger partial charge on any atom is 0.291 e. The van der Waals surface area contributed by atoms with E-state index in [1.165, 1.54) is 0 Å². The maximum atomic E-state index is 11.7. The number of nitrogens with one attached hydrogen (secondary N) is 3. The van der Waals surface area contributed by atoms with Crippen LogP contribution in [0, 0.1) is 0 Å². The van der Waals surface area contributed by atoms with Crippen molar-refractivity contribution in [2.45, 2.75) is 45.1 Å². The molecule has 2 rings (SSSR count). The first kappa shape index (κ1) is 13.5. The van der Waals surface area contributed by atoms with Gasteiger partial charge in [0.1, 0.15) is 5.82 Å². The number of rotatable bonds is 4. The molecule has 0 atom stereocenters. The standard InChI is InChI=1S/C12H19N5O2/c1-12(2,3)15-8(18)6-13-11(19)10-14-9(16-17-10)7-4-5-7/h7H,4-6H2,1-3H3,(H,13,19)(H,15,18)(H,14,16,17). The third kappa shape index (κ3) is 4.04. The molecular formula is C12H19N5O2. The van der Waals surface area contributed by atoms with Gasteiger partial charge in [-0.05, 0) is 33.6 Å². The molecule has 1 aliphatic rings. The van der Waals surface area contributed by atoms with Crippen molar-refractivity contribution in [3.63, 3.8) is 0 Å². The molecule has 2 amide bonds. The van der Waals surface area contributed by atoms with Gasteiger partial charge in [-0.2, -0.15) is 0 Å². The van der Waals surface area contributed by atoms with Crippen LogP contribution < -0.4 is 10.6 Å². The van der Waals surface area contributed by atoms with Crippen LogP contribution in [0.5, 0.6) is 0 Å². The van der Waals surface area contributed by atoms with E-state index >= 15 is 0 Å². The molecule has 19 heavy (non-hydrogen) atoms. The number of H-pyrrole nitrogens is 1. The first-order valence-electron chi connectivity index (χ1n) is 6.36. The Kier molecular flexibility index (Phi) is 3.55. The van der Waals surface area contributed by atoms with E-state index in [1.807, 2.05) is 20.8 Å². The number of aromatic amines is 1. The van der Waals surface area contributed by atoms with Crippen LogP contribution in [0.15, 0.2) is 0 Å². The third-order valence-corrected chi connectivity index (χ3v) is 2.59. The summed E-state index contributed by atoms with van der Waals surface area (Å²) in [6.07, 6.45) is 2.18. The van der Waals surface area contributed by atoms with Crippen LogP contribution in [-0.4, -0.2) is 39.1 Å². The summed E-state index contributed by atoms with van der Waals surface area (Å²) in [6, 6.07) is 0. The van der Waals surface area contributed by atoms with E-state index in [-0.39, 0.29) is 23.8 Å². The molecular weight excluding hydrogens is 246 g/mol. The fourth-order valence-electron chi connectivity index (χ4n) is 1.62. The van der Waals surface area contributed by atoms with Crippen LogP contribution >= 0.6 is 0 Å². The summed E-state index contributed by atoms with van der Waals surface area (Å²) >= 11 is 0. The number of amides is 2. The lowest BCUT2D eigenvalue weighted by molar-refractivity contribution is -0.121. The molecule has 3 N–H and O–H groups in total. The molecule has 0 saturated heterocycles. The number of hydrogen-bond donors (Lipinski definition) is 3. The third-order valence-electron chi connectivity index (χ3n) is 2.59. The number of nitrogens with zero attached hydrogens (tertiary/aromatic N) is 2. The van der Waals surface area contributed by atoms with E-state index in [1.54, 1.807) is 0 Å². The van der Waals surface area contributed by atoms with E-state index in [2.05, 4.69) is 25.8 Å². The second-order valence-corrected chi connectivity index (χ2v) is 5.80. The van der Waals surface area contributed by atoms with Crippen molar-refractivity contribution in [2.24, 2.45) is 0 Å². The topological polar surface area (TPSA) is 99.8 Å². The lowest BCUT2D eigenvalue weighted by Crippen LogP contribution is -2.45. The van der Waals surface area contributed by atoms with Crippen LogP contribution in [0.1, 0.15) is 56.0 Å². The molecule has 0 aromatic carbocycles. The Morgan fingerprint density at radius 3 is 2.63 bits per heavy atom. The van der Waals surface area contributed by atoms with Crippen LogP contribution in [0.4, 0.5) is 0 Å². The van der Waals surface area contributed by atoms with Gasteiger partial charge >= 0.3 is 0 Å². The van der Waals surface area contributed by atoms with Gasteiger partial charge in [0.25, 0.3) is 5.91 Å². The van der Waals surface area contributed by atoms with Crippen LogP contribution in [0.2, 0.25) is 0 Å². The first-order valence-corrected chi connectivity index (χ1v) is 6.36. The SMILES string of the molecule is CC(C)(C)NC(=O)CNC(=O)c1n[nH]c(C2CC2)n1. The summed E-state index contributed by atoms with van der Waals surface area (Å²) in [6.45, 7) is 5.56. The molecule has 7 nitrogen and oxygen atoms in total. The van der Waals surface area contributed by atoms with Crippen molar-refractivity contribution in [1.82, 2.24) is 25.8 Å². The Bertz CT molecular complexity index is 485. The fourth-order valence-corrected chi connectivity index (χ4v) is 1.62. The summed E-state index contributed by atoms with van der Waals surface area (Å²) in [5.74, 6) is 0.582. The monoisotopic (exact) mass is 265 g/mol. The fraction of sp³-hybridized carbons (Fsp3) is 0.667. The molecule has 0 bridgehead atoms. The second kappa shape index (κ2) is 4.99. The van der Waals surface area contributed by atoms with Crippen LogP contribution in [-0.2, 0) is 4.79 Å². The van der Waals surface area contributed by atoms with Crippen molar-refractivity contribution in [3.8, 4) is 0 Å². The maximum absolute atomic E-state index is 11.7. The molecule has 0 spiro atoms. The number of carbonyl (C=O) groups excluding carboxylic acids is 2. The Hall–Kier alpha value is -1.92. The summed E-state index contributed by atoms with van der Waals surface area (Å²) in [5.41, 5.74) is -0.314. The van der Waals surface area contributed by atoms with Crippen molar-refractivity contribution in [2.75, 3.05) is 6.54 Å². The van der Waals surface area contributed by atoms with E-state index in [4.69, 9.17) is 0 Å². The molecule has 0 unspecified atom stereocenters. The lowest BCUT2D eigenvalue weighted by atomic mass is 10.1. The van der Waals surface area contributed by atoms with Crippen molar-refractivity contribution in [3.05, 3.63) is 11.6 Å². The number of carbonyl (C=O) groups is 2. The highest BCUT2D eigenvalue weighted by Gasteiger charge is 2.28. The predicted octanol–water partition coefficient (Wildman–Crippen LogP) is 0.327. The zero-order valence-electron chi connectivity index (χ0n) is 11.4. The highest BCUT2D eigenvalue weighted by molar-refractivity contribution is 5.93. The van der Waals surface area contributed by atoms with E-state index in [0.29, 0.717) is 5.92 Å². The summed E-state index contributed by atoms with van der Waals surface area (Å²) in [7, 11) is 0. The van der Waals surface area contributed by atoms with E-state index in [9.17, 15) is 9.59 Å². The average Bonchev–Trinajstić information content (AvgIpc) is 3.02. The summed E-state index contributed by atoms with van der Waals surface area (Å²) < 4.78 is 0. The minimum atomic E-state index is -0.438. The highest BCUT2D eigenvalue weighted by Crippen LogP contribution is 2.37. The number of aromatic nitrogens is 3. The predicted molar refractivity (Wildman–Crippen MR) is 68.6 cm³/mol. The van der Waals surface area contributed by atoms with Crippen LogP contribution in [0.3, 0.4) is 0 Å². The lowest BCUT2D eigenvalue weighted by Gasteiger charge is -2.20. The first-order chi connectivity index (χ1) is 8.85. The molecule has 1 aliphatic carbocycles. The van der Waals surface area contributed by atoms with Gasteiger partial charge in [0, 0.05) is 11.5 Å².